The molecule has 0 bridgehead atoms. The van der Waals surface area contributed by atoms with Crippen LogP contribution in [0.5, 0.6) is 11.5 Å². The number of ketones is 2. The molecule has 0 atom stereocenters. The van der Waals surface area contributed by atoms with Crippen molar-refractivity contribution in [3.8, 4) is 11.5 Å². The Kier molecular flexibility index (Phi) is 9.96. The molecule has 0 aliphatic heterocycles. The summed E-state index contributed by atoms with van der Waals surface area (Å²) in [4.78, 5) is 22.3. The molecular weight excluding hydrogens is 360 g/mol. The topological polar surface area (TPSA) is 104 Å². The van der Waals surface area contributed by atoms with E-state index in [4.69, 9.17) is 14.9 Å². The third-order valence-corrected chi connectivity index (χ3v) is 3.55. The minimum atomic E-state index is -0.592. The number of ether oxygens (including phenoxy) is 1. The summed E-state index contributed by atoms with van der Waals surface area (Å²) in [6.07, 6.45) is 3.96. The number of carbonyl (C=O) groups excluding carboxylic acids is 2. The predicted molar refractivity (Wildman–Crippen MR) is 107 cm³/mol. The lowest BCUT2D eigenvalue weighted by molar-refractivity contribution is 0.0896. The number of carbonyl (C=O) groups is 2. The number of benzene rings is 2. The van der Waals surface area contributed by atoms with Gasteiger partial charge >= 0.3 is 0 Å². The van der Waals surface area contributed by atoms with E-state index in [0.717, 1.165) is 5.56 Å². The third-order valence-electron chi connectivity index (χ3n) is 3.55. The molecule has 0 aliphatic rings. The second kappa shape index (κ2) is 12.2. The van der Waals surface area contributed by atoms with Crippen LogP contribution in [0, 0.1) is 0 Å². The van der Waals surface area contributed by atoms with Crippen molar-refractivity contribution in [2.45, 2.75) is 6.42 Å². The molecule has 6 nitrogen and oxygen atoms in total. The van der Waals surface area contributed by atoms with Crippen molar-refractivity contribution in [3.63, 3.8) is 0 Å². The van der Waals surface area contributed by atoms with Gasteiger partial charge in [-0.25, -0.2) is 0 Å². The van der Waals surface area contributed by atoms with Gasteiger partial charge in [0.05, 0.1) is 5.56 Å². The number of rotatable bonds is 9. The van der Waals surface area contributed by atoms with Crippen LogP contribution in [0.1, 0.15) is 26.3 Å². The lowest BCUT2D eigenvalue weighted by Gasteiger charge is -2.04. The molecule has 0 amide bonds. The van der Waals surface area contributed by atoms with Crippen molar-refractivity contribution in [2.24, 2.45) is 0 Å². The number of phenolic OH excluding ortho intramolecular Hbond substituents is 1. The Morgan fingerprint density at radius 2 is 1.68 bits per heavy atom. The molecule has 28 heavy (non-hydrogen) atoms. The van der Waals surface area contributed by atoms with E-state index in [0.29, 0.717) is 24.3 Å². The molecule has 148 valence electrons. The van der Waals surface area contributed by atoms with Gasteiger partial charge in [-0.1, -0.05) is 36.9 Å². The van der Waals surface area contributed by atoms with Gasteiger partial charge in [-0.05, 0) is 36.2 Å². The molecule has 2 aromatic carbocycles. The van der Waals surface area contributed by atoms with Crippen LogP contribution in [0.15, 0.2) is 67.8 Å². The van der Waals surface area contributed by atoms with Crippen LogP contribution < -0.4 is 4.74 Å². The fourth-order valence-electron chi connectivity index (χ4n) is 2.19. The van der Waals surface area contributed by atoms with Gasteiger partial charge in [0.2, 0.25) is 0 Å². The zero-order valence-electron chi connectivity index (χ0n) is 15.5. The van der Waals surface area contributed by atoms with Gasteiger partial charge in [0.1, 0.15) is 31.3 Å². The Balaban J connectivity index is 0.000000280. The van der Waals surface area contributed by atoms with E-state index >= 15 is 0 Å². The molecular formula is C22H24O6. The van der Waals surface area contributed by atoms with Crippen molar-refractivity contribution in [1.29, 1.82) is 0 Å². The number of aliphatic hydroxyl groups is 2. The first kappa shape index (κ1) is 22.8. The maximum Gasteiger partial charge on any atom is 0.191 e. The molecule has 2 rings (SSSR count). The number of phenols is 1. The number of hydrogen-bond acceptors (Lipinski definition) is 6. The quantitative estimate of drug-likeness (QED) is 0.454. The zero-order valence-corrected chi connectivity index (χ0v) is 15.5. The average molecular weight is 384 g/mol. The molecule has 0 aromatic heterocycles. The number of Topliss-reactive ketones (excluding diaryl/α,β-unsaturated/α-hetero) is 2. The molecule has 6 heteroatoms. The standard InChI is InChI=1S/2C11H12O3/c1-2-6-14-10-5-3-4-9(7-10)11(13)8-12;1-2-3-8-4-5-10(13)9(6-8)11(14)7-12/h2-5,7,12H,1,6,8H2;2,4-6,12-13H,1,3,7H2. The first-order chi connectivity index (χ1) is 13.5. The summed E-state index contributed by atoms with van der Waals surface area (Å²) in [6.45, 7) is 6.42. The Labute approximate surface area is 164 Å². The summed E-state index contributed by atoms with van der Waals surface area (Å²) in [7, 11) is 0. The maximum atomic E-state index is 11.2. The van der Waals surface area contributed by atoms with Gasteiger partial charge in [-0.2, -0.15) is 0 Å². The van der Waals surface area contributed by atoms with Gasteiger partial charge < -0.3 is 20.1 Å². The first-order valence-electron chi connectivity index (χ1n) is 8.51. The molecule has 0 saturated heterocycles. The highest BCUT2D eigenvalue weighted by molar-refractivity contribution is 5.99. The molecule has 0 saturated carbocycles. The summed E-state index contributed by atoms with van der Waals surface area (Å²) in [5, 5.41) is 26.6. The van der Waals surface area contributed by atoms with E-state index in [9.17, 15) is 14.7 Å². The summed E-state index contributed by atoms with van der Waals surface area (Å²) >= 11 is 0. The van der Waals surface area contributed by atoms with Gasteiger partial charge in [0, 0.05) is 5.56 Å². The molecule has 0 spiro atoms. The lowest BCUT2D eigenvalue weighted by atomic mass is 10.0. The van der Waals surface area contributed by atoms with Crippen LogP contribution in [-0.2, 0) is 6.42 Å². The van der Waals surface area contributed by atoms with Crippen LogP contribution in [-0.4, -0.2) is 46.7 Å². The minimum absolute atomic E-state index is 0.100. The van der Waals surface area contributed by atoms with E-state index in [2.05, 4.69) is 13.2 Å². The Morgan fingerprint density at radius 1 is 0.964 bits per heavy atom. The fourth-order valence-corrected chi connectivity index (χ4v) is 2.19. The van der Waals surface area contributed by atoms with E-state index in [1.54, 1.807) is 48.6 Å². The largest absolute Gasteiger partial charge is 0.507 e. The summed E-state index contributed by atoms with van der Waals surface area (Å²) in [5.41, 5.74) is 1.50. The van der Waals surface area contributed by atoms with Gasteiger partial charge in [-0.3, -0.25) is 9.59 Å². The Hall–Kier alpha value is -3.22. The highest BCUT2D eigenvalue weighted by Gasteiger charge is 2.10. The van der Waals surface area contributed by atoms with E-state index in [-0.39, 0.29) is 17.1 Å². The second-order valence-electron chi connectivity index (χ2n) is 5.63. The fraction of sp³-hybridized carbons (Fsp3) is 0.182. The van der Waals surface area contributed by atoms with Crippen LogP contribution in [0.4, 0.5) is 0 Å². The Morgan fingerprint density at radius 3 is 2.29 bits per heavy atom. The van der Waals surface area contributed by atoms with Gasteiger partial charge in [0.25, 0.3) is 0 Å². The van der Waals surface area contributed by atoms with Crippen molar-refractivity contribution >= 4 is 11.6 Å². The lowest BCUT2D eigenvalue weighted by Crippen LogP contribution is -2.05. The highest BCUT2D eigenvalue weighted by atomic mass is 16.5. The van der Waals surface area contributed by atoms with E-state index in [1.165, 1.54) is 6.07 Å². The van der Waals surface area contributed by atoms with Crippen molar-refractivity contribution in [3.05, 3.63) is 84.5 Å². The van der Waals surface area contributed by atoms with Gasteiger partial charge in [0.15, 0.2) is 11.6 Å². The summed E-state index contributed by atoms with van der Waals surface area (Å²) in [6, 6.07) is 11.4. The maximum absolute atomic E-state index is 11.2. The zero-order chi connectivity index (χ0) is 20.9. The average Bonchev–Trinajstić information content (AvgIpc) is 2.73. The molecule has 3 N–H and O–H groups in total. The van der Waals surface area contributed by atoms with Crippen molar-refractivity contribution < 1.29 is 29.6 Å². The number of aromatic hydroxyl groups is 1. The minimum Gasteiger partial charge on any atom is -0.507 e. The van der Waals surface area contributed by atoms with Crippen LogP contribution in [0.3, 0.4) is 0 Å². The van der Waals surface area contributed by atoms with E-state index in [1.807, 2.05) is 0 Å². The molecule has 0 fully saturated rings. The smallest absolute Gasteiger partial charge is 0.191 e. The monoisotopic (exact) mass is 384 g/mol. The Bertz CT molecular complexity index is 826. The number of hydrogen-bond donors (Lipinski definition) is 3. The molecule has 0 unspecified atom stereocenters. The third kappa shape index (κ3) is 7.19. The first-order valence-corrected chi connectivity index (χ1v) is 8.51. The van der Waals surface area contributed by atoms with Crippen LogP contribution in [0.2, 0.25) is 0 Å². The molecule has 0 heterocycles. The predicted octanol–water partition coefficient (Wildman–Crippen LogP) is 2.72. The van der Waals surface area contributed by atoms with Crippen LogP contribution >= 0.6 is 0 Å². The second-order valence-corrected chi connectivity index (χ2v) is 5.63. The molecule has 2 aromatic rings. The normalized spacial score (nSPS) is 9.64. The molecule has 0 radical (unpaired) electrons. The van der Waals surface area contributed by atoms with Gasteiger partial charge in [-0.15, -0.1) is 6.58 Å². The van der Waals surface area contributed by atoms with Crippen molar-refractivity contribution in [2.75, 3.05) is 19.8 Å². The highest BCUT2D eigenvalue weighted by Crippen LogP contribution is 2.19. The van der Waals surface area contributed by atoms with Crippen LogP contribution in [0.25, 0.3) is 0 Å². The SMILES string of the molecule is C=CCOc1cccc(C(=O)CO)c1.C=CCc1ccc(O)c(C(=O)CO)c1. The van der Waals surface area contributed by atoms with Crippen molar-refractivity contribution in [1.82, 2.24) is 0 Å². The van der Waals surface area contributed by atoms with E-state index < -0.39 is 19.0 Å². The number of allylic oxidation sites excluding steroid dienone is 1. The molecule has 0 aliphatic carbocycles. The number of aliphatic hydroxyl groups excluding tert-OH is 2. The summed E-state index contributed by atoms with van der Waals surface area (Å²) < 4.78 is 5.24. The summed E-state index contributed by atoms with van der Waals surface area (Å²) in [5.74, 6) is -0.288.